The van der Waals surface area contributed by atoms with E-state index in [0.717, 1.165) is 0 Å². The van der Waals surface area contributed by atoms with Crippen LogP contribution in [0.4, 0.5) is 4.39 Å². The van der Waals surface area contributed by atoms with E-state index in [0.29, 0.717) is 17.1 Å². The van der Waals surface area contributed by atoms with Gasteiger partial charge in [0, 0.05) is 24.5 Å². The van der Waals surface area contributed by atoms with E-state index in [-0.39, 0.29) is 12.2 Å². The summed E-state index contributed by atoms with van der Waals surface area (Å²) in [7, 11) is 1.71. The van der Waals surface area contributed by atoms with Gasteiger partial charge in [0.05, 0.1) is 6.42 Å². The molecule has 0 spiro atoms. The van der Waals surface area contributed by atoms with Gasteiger partial charge in [-0.3, -0.25) is 4.79 Å². The van der Waals surface area contributed by atoms with Crippen molar-refractivity contribution in [1.29, 1.82) is 0 Å². The molecular weight excluding hydrogens is 223 g/mol. The zero-order valence-electron chi connectivity index (χ0n) is 9.22. The molecular formula is C12H11FN2O2. The first kappa shape index (κ1) is 11.3. The first-order chi connectivity index (χ1) is 8.08. The molecule has 1 aromatic carbocycles. The van der Waals surface area contributed by atoms with Gasteiger partial charge in [-0.15, -0.1) is 0 Å². The van der Waals surface area contributed by atoms with Gasteiger partial charge < -0.3 is 9.67 Å². The van der Waals surface area contributed by atoms with E-state index >= 15 is 0 Å². The Bertz CT molecular complexity index is 563. The molecule has 0 saturated heterocycles. The average molecular weight is 234 g/mol. The van der Waals surface area contributed by atoms with Gasteiger partial charge in [0.25, 0.3) is 0 Å². The summed E-state index contributed by atoms with van der Waals surface area (Å²) in [5.41, 5.74) is 1.21. The number of carboxylic acids is 1. The molecule has 0 atom stereocenters. The van der Waals surface area contributed by atoms with E-state index in [2.05, 4.69) is 4.98 Å². The normalized spacial score (nSPS) is 10.5. The monoisotopic (exact) mass is 234 g/mol. The number of hydrogen-bond acceptors (Lipinski definition) is 2. The number of nitrogens with zero attached hydrogens (tertiary/aromatic N) is 2. The molecule has 0 unspecified atom stereocenters. The van der Waals surface area contributed by atoms with Crippen molar-refractivity contribution in [3.05, 3.63) is 42.0 Å². The third kappa shape index (κ3) is 2.33. The fraction of sp³-hybridized carbons (Fsp3) is 0.167. The van der Waals surface area contributed by atoms with Crippen LogP contribution in [0.15, 0.2) is 30.5 Å². The highest BCUT2D eigenvalue weighted by Gasteiger charge is 2.11. The number of carbonyl (C=O) groups is 1. The van der Waals surface area contributed by atoms with E-state index in [4.69, 9.17) is 5.11 Å². The van der Waals surface area contributed by atoms with Crippen LogP contribution in [-0.2, 0) is 18.3 Å². The number of imidazole rings is 1. The molecule has 0 radical (unpaired) electrons. The Kier molecular flexibility index (Phi) is 2.91. The first-order valence-corrected chi connectivity index (χ1v) is 5.06. The van der Waals surface area contributed by atoms with Gasteiger partial charge >= 0.3 is 5.97 Å². The van der Waals surface area contributed by atoms with E-state index in [1.807, 2.05) is 0 Å². The van der Waals surface area contributed by atoms with E-state index in [1.165, 1.54) is 18.3 Å². The molecule has 0 aliphatic heterocycles. The number of aliphatic carboxylic acids is 1. The Morgan fingerprint density at radius 3 is 2.94 bits per heavy atom. The minimum absolute atomic E-state index is 0.0984. The second-order valence-electron chi connectivity index (χ2n) is 3.71. The lowest BCUT2D eigenvalue weighted by Crippen LogP contribution is -2.05. The molecule has 1 aromatic heterocycles. The van der Waals surface area contributed by atoms with Gasteiger partial charge in [-0.05, 0) is 12.1 Å². The minimum Gasteiger partial charge on any atom is -0.481 e. The maximum Gasteiger partial charge on any atom is 0.309 e. The van der Waals surface area contributed by atoms with Crippen LogP contribution < -0.4 is 0 Å². The zero-order chi connectivity index (χ0) is 12.4. The fourth-order valence-electron chi connectivity index (χ4n) is 1.66. The summed E-state index contributed by atoms with van der Waals surface area (Å²) in [5.74, 6) is -0.704. The number of carboxylic acid groups (broad SMARTS) is 1. The van der Waals surface area contributed by atoms with Crippen LogP contribution in [0.5, 0.6) is 0 Å². The summed E-state index contributed by atoms with van der Waals surface area (Å²) in [6, 6.07) is 6.05. The number of benzene rings is 1. The molecule has 0 aliphatic carbocycles. The van der Waals surface area contributed by atoms with Gasteiger partial charge in [0.2, 0.25) is 0 Å². The number of halogens is 1. The molecule has 17 heavy (non-hydrogen) atoms. The van der Waals surface area contributed by atoms with Crippen LogP contribution in [0, 0.1) is 5.82 Å². The quantitative estimate of drug-likeness (QED) is 0.881. The summed E-state index contributed by atoms with van der Waals surface area (Å²) >= 11 is 0. The Balaban J connectivity index is 2.40. The van der Waals surface area contributed by atoms with Crippen molar-refractivity contribution < 1.29 is 14.3 Å². The van der Waals surface area contributed by atoms with Gasteiger partial charge in [0.1, 0.15) is 11.6 Å². The molecule has 0 aliphatic rings. The van der Waals surface area contributed by atoms with E-state index in [1.54, 1.807) is 23.7 Å². The fourth-order valence-corrected chi connectivity index (χ4v) is 1.66. The Hall–Kier alpha value is -2.17. The summed E-state index contributed by atoms with van der Waals surface area (Å²) in [4.78, 5) is 14.7. The topological polar surface area (TPSA) is 55.1 Å². The van der Waals surface area contributed by atoms with Gasteiger partial charge in [0.15, 0.2) is 0 Å². The lowest BCUT2D eigenvalue weighted by atomic mass is 10.2. The Morgan fingerprint density at radius 2 is 2.29 bits per heavy atom. The average Bonchev–Trinajstić information content (AvgIpc) is 2.60. The number of aromatic nitrogens is 2. The molecule has 1 heterocycles. The molecule has 5 heteroatoms. The highest BCUT2D eigenvalue weighted by molar-refractivity contribution is 5.70. The van der Waals surface area contributed by atoms with Crippen molar-refractivity contribution in [1.82, 2.24) is 9.55 Å². The largest absolute Gasteiger partial charge is 0.481 e. The minimum atomic E-state index is -0.918. The zero-order valence-corrected chi connectivity index (χ0v) is 9.22. The standard InChI is InChI=1S/C12H11FN2O2/c1-15-10(6-11(16)17)7-14-12(15)8-3-2-4-9(13)5-8/h2-5,7H,6H2,1H3,(H,16,17). The maximum atomic E-state index is 13.1. The van der Waals surface area contributed by atoms with E-state index in [9.17, 15) is 9.18 Å². The van der Waals surface area contributed by atoms with Crippen molar-refractivity contribution >= 4 is 5.97 Å². The second-order valence-corrected chi connectivity index (χ2v) is 3.71. The van der Waals surface area contributed by atoms with Crippen molar-refractivity contribution in [3.63, 3.8) is 0 Å². The lowest BCUT2D eigenvalue weighted by molar-refractivity contribution is -0.136. The predicted molar refractivity (Wildman–Crippen MR) is 59.9 cm³/mol. The van der Waals surface area contributed by atoms with Crippen LogP contribution in [0.25, 0.3) is 11.4 Å². The van der Waals surface area contributed by atoms with Gasteiger partial charge in [-0.1, -0.05) is 12.1 Å². The molecule has 4 nitrogen and oxygen atoms in total. The highest BCUT2D eigenvalue weighted by Crippen LogP contribution is 2.19. The van der Waals surface area contributed by atoms with Crippen molar-refractivity contribution in [2.75, 3.05) is 0 Å². The van der Waals surface area contributed by atoms with Crippen molar-refractivity contribution in [2.24, 2.45) is 7.05 Å². The SMILES string of the molecule is Cn1c(CC(=O)O)cnc1-c1cccc(F)c1. The second kappa shape index (κ2) is 4.37. The third-order valence-electron chi connectivity index (χ3n) is 2.50. The summed E-state index contributed by atoms with van der Waals surface area (Å²) in [6.45, 7) is 0. The van der Waals surface area contributed by atoms with Crippen molar-refractivity contribution in [2.45, 2.75) is 6.42 Å². The van der Waals surface area contributed by atoms with Crippen LogP contribution in [0.3, 0.4) is 0 Å². The number of hydrogen-bond donors (Lipinski definition) is 1. The van der Waals surface area contributed by atoms with Crippen LogP contribution in [-0.4, -0.2) is 20.6 Å². The predicted octanol–water partition coefficient (Wildman–Crippen LogP) is 1.85. The molecule has 0 saturated carbocycles. The summed E-state index contributed by atoms with van der Waals surface area (Å²) in [5, 5.41) is 8.71. The third-order valence-corrected chi connectivity index (χ3v) is 2.50. The summed E-state index contributed by atoms with van der Waals surface area (Å²) in [6.07, 6.45) is 1.40. The van der Waals surface area contributed by atoms with Gasteiger partial charge in [-0.2, -0.15) is 0 Å². The lowest BCUT2D eigenvalue weighted by Gasteiger charge is -2.04. The molecule has 0 bridgehead atoms. The molecule has 88 valence electrons. The number of rotatable bonds is 3. The van der Waals surface area contributed by atoms with Crippen LogP contribution in [0.2, 0.25) is 0 Å². The van der Waals surface area contributed by atoms with Crippen molar-refractivity contribution in [3.8, 4) is 11.4 Å². The van der Waals surface area contributed by atoms with Gasteiger partial charge in [-0.25, -0.2) is 9.37 Å². The van der Waals surface area contributed by atoms with E-state index < -0.39 is 5.97 Å². The molecule has 2 aromatic rings. The summed E-state index contributed by atoms with van der Waals surface area (Å²) < 4.78 is 14.7. The Morgan fingerprint density at radius 1 is 1.53 bits per heavy atom. The first-order valence-electron chi connectivity index (χ1n) is 5.06. The smallest absolute Gasteiger partial charge is 0.309 e. The Labute approximate surface area is 97.3 Å². The van der Waals surface area contributed by atoms with Crippen LogP contribution in [0.1, 0.15) is 5.69 Å². The molecule has 0 fully saturated rings. The molecule has 0 amide bonds. The molecule has 2 rings (SSSR count). The van der Waals surface area contributed by atoms with Crippen LogP contribution >= 0.6 is 0 Å². The highest BCUT2D eigenvalue weighted by atomic mass is 19.1. The maximum absolute atomic E-state index is 13.1. The molecule has 1 N–H and O–H groups in total.